The van der Waals surface area contributed by atoms with Gasteiger partial charge in [0.05, 0.1) is 11.6 Å². The molecule has 24 heavy (non-hydrogen) atoms. The normalized spacial score (nSPS) is 24.0. The second-order valence-corrected chi connectivity index (χ2v) is 6.64. The minimum absolute atomic E-state index is 0.395. The van der Waals surface area contributed by atoms with Crippen LogP contribution in [0.5, 0.6) is 0 Å². The topological polar surface area (TPSA) is 80.1 Å². The summed E-state index contributed by atoms with van der Waals surface area (Å²) in [6.07, 6.45) is 2.92. The maximum Gasteiger partial charge on any atom is 0.163 e. The molecule has 1 aliphatic heterocycles. The first-order valence-electron chi connectivity index (χ1n) is 8.41. The van der Waals surface area contributed by atoms with Crippen LogP contribution in [0.3, 0.4) is 0 Å². The number of rotatable bonds is 6. The Morgan fingerprint density at radius 3 is 2.62 bits per heavy atom. The molecule has 3 rings (SSSR count). The maximum atomic E-state index is 5.21. The molecule has 0 aliphatic carbocycles. The van der Waals surface area contributed by atoms with Crippen molar-refractivity contribution < 1.29 is 4.74 Å². The van der Waals surface area contributed by atoms with Gasteiger partial charge in [0.15, 0.2) is 11.5 Å². The highest BCUT2D eigenvalue weighted by atomic mass is 16.5. The lowest BCUT2D eigenvalue weighted by atomic mass is 9.93. The molecule has 1 saturated heterocycles. The molecule has 0 amide bonds. The van der Waals surface area contributed by atoms with Gasteiger partial charge in [0, 0.05) is 39.8 Å². The molecule has 1 fully saturated rings. The molecule has 8 heteroatoms. The van der Waals surface area contributed by atoms with E-state index in [1.54, 1.807) is 11.8 Å². The van der Waals surface area contributed by atoms with E-state index in [0.29, 0.717) is 30.4 Å². The molecule has 2 aromatic rings. The molecule has 0 bridgehead atoms. The highest BCUT2D eigenvalue weighted by Crippen LogP contribution is 2.25. The van der Waals surface area contributed by atoms with Crippen LogP contribution in [0.15, 0.2) is 6.20 Å². The van der Waals surface area contributed by atoms with Crippen molar-refractivity contribution in [3.05, 3.63) is 12.0 Å². The quantitative estimate of drug-likeness (QED) is 0.811. The summed E-state index contributed by atoms with van der Waals surface area (Å²) in [5.41, 5.74) is 7.47. The first-order valence-corrected chi connectivity index (χ1v) is 8.41. The first kappa shape index (κ1) is 17.1. The third-order valence-corrected chi connectivity index (χ3v) is 4.87. The maximum absolute atomic E-state index is 5.21. The largest absolute Gasteiger partial charge is 0.377 e. The lowest BCUT2D eigenvalue weighted by Gasteiger charge is -2.24. The highest BCUT2D eigenvalue weighted by molar-refractivity contribution is 5.86. The van der Waals surface area contributed by atoms with Gasteiger partial charge in [-0.2, -0.15) is 5.10 Å². The Morgan fingerprint density at radius 2 is 1.96 bits per heavy atom. The molecule has 2 atom stereocenters. The Balaban J connectivity index is 1.82. The molecule has 0 aromatic carbocycles. The van der Waals surface area contributed by atoms with E-state index in [4.69, 9.17) is 9.72 Å². The zero-order valence-corrected chi connectivity index (χ0v) is 15.1. The molecule has 2 N–H and O–H groups in total. The van der Waals surface area contributed by atoms with E-state index >= 15 is 0 Å². The lowest BCUT2D eigenvalue weighted by Crippen LogP contribution is -2.30. The van der Waals surface area contributed by atoms with Gasteiger partial charge in [-0.15, -0.1) is 0 Å². The zero-order chi connectivity index (χ0) is 17.3. The summed E-state index contributed by atoms with van der Waals surface area (Å²) in [7, 11) is 5.63. The van der Waals surface area contributed by atoms with Crippen molar-refractivity contribution in [1.29, 1.82) is 0 Å². The molecule has 0 spiro atoms. The van der Waals surface area contributed by atoms with E-state index in [0.717, 1.165) is 29.8 Å². The predicted molar refractivity (Wildman–Crippen MR) is 93.6 cm³/mol. The van der Waals surface area contributed by atoms with Crippen LogP contribution in [0.2, 0.25) is 0 Å². The molecule has 8 nitrogen and oxygen atoms in total. The summed E-state index contributed by atoms with van der Waals surface area (Å²) in [4.78, 5) is 11.4. The van der Waals surface area contributed by atoms with Crippen LogP contribution in [0.25, 0.3) is 11.0 Å². The molecular formula is C16H27N7O. The minimum atomic E-state index is 0.395. The van der Waals surface area contributed by atoms with Gasteiger partial charge in [0.2, 0.25) is 0 Å². The second-order valence-electron chi connectivity index (χ2n) is 6.64. The van der Waals surface area contributed by atoms with Gasteiger partial charge in [-0.3, -0.25) is 15.5 Å². The van der Waals surface area contributed by atoms with Gasteiger partial charge >= 0.3 is 0 Å². The minimum Gasteiger partial charge on any atom is -0.377 e. The number of hydrogen-bond donors (Lipinski definition) is 2. The third kappa shape index (κ3) is 3.22. The van der Waals surface area contributed by atoms with E-state index < -0.39 is 0 Å². The van der Waals surface area contributed by atoms with Gasteiger partial charge in [-0.1, -0.05) is 0 Å². The molecule has 0 saturated carbocycles. The van der Waals surface area contributed by atoms with Crippen molar-refractivity contribution in [3.63, 3.8) is 0 Å². The van der Waals surface area contributed by atoms with Crippen molar-refractivity contribution in [2.45, 2.75) is 39.0 Å². The van der Waals surface area contributed by atoms with Crippen LogP contribution in [0.1, 0.15) is 26.1 Å². The van der Waals surface area contributed by atoms with Crippen LogP contribution in [-0.2, 0) is 18.4 Å². The fourth-order valence-corrected chi connectivity index (χ4v) is 3.39. The van der Waals surface area contributed by atoms with E-state index in [-0.39, 0.29) is 0 Å². The van der Waals surface area contributed by atoms with Crippen LogP contribution < -0.4 is 15.8 Å². The van der Waals surface area contributed by atoms with Crippen molar-refractivity contribution in [1.82, 2.24) is 30.6 Å². The fraction of sp³-hybridized carbons (Fsp3) is 0.688. The smallest absolute Gasteiger partial charge is 0.163 e. The Morgan fingerprint density at radius 1 is 1.25 bits per heavy atom. The molecule has 2 unspecified atom stereocenters. The number of fused-ring (bicyclic) bond motifs is 1. The number of aryl methyl sites for hydroxylation is 1. The van der Waals surface area contributed by atoms with E-state index in [1.807, 2.05) is 13.2 Å². The predicted octanol–water partition coefficient (Wildman–Crippen LogP) is 0.837. The summed E-state index contributed by atoms with van der Waals surface area (Å²) in [6.45, 7) is 5.77. The van der Waals surface area contributed by atoms with Crippen LogP contribution in [0, 0.1) is 5.92 Å². The van der Waals surface area contributed by atoms with Crippen molar-refractivity contribution in [3.8, 4) is 0 Å². The van der Waals surface area contributed by atoms with E-state index in [1.165, 1.54) is 0 Å². The van der Waals surface area contributed by atoms with Crippen LogP contribution in [-0.4, -0.2) is 52.5 Å². The number of nitrogens with one attached hydrogen (secondary N) is 2. The van der Waals surface area contributed by atoms with Crippen LogP contribution >= 0.6 is 0 Å². The second kappa shape index (κ2) is 7.00. The highest BCUT2D eigenvalue weighted by Gasteiger charge is 2.29. The zero-order valence-electron chi connectivity index (χ0n) is 15.1. The number of ether oxygens (including phenoxy) is 1. The Bertz CT molecular complexity index is 691. The van der Waals surface area contributed by atoms with Gasteiger partial charge in [0.1, 0.15) is 12.4 Å². The third-order valence-electron chi connectivity index (χ3n) is 4.87. The number of hydrazine groups is 1. The number of hydrogen-bond acceptors (Lipinski definition) is 7. The molecular weight excluding hydrogens is 306 g/mol. The van der Waals surface area contributed by atoms with Gasteiger partial charge in [0.25, 0.3) is 0 Å². The SMILES string of the molecule is COCc1nc(N(C)CCC2C(C)NNC2C)c2cnn(C)c2n1. The standard InChI is InChI=1S/C16H27N7O/c1-10-12(11(2)21-20-10)6-7-22(3)15-13-8-17-23(4)16(13)19-14(18-15)9-24-5/h8,10-12,20-21H,6-7,9H2,1-5H3. The summed E-state index contributed by atoms with van der Waals surface area (Å²) in [5, 5.41) is 5.30. The van der Waals surface area contributed by atoms with Gasteiger partial charge < -0.3 is 9.64 Å². The van der Waals surface area contributed by atoms with Crippen LogP contribution in [0.4, 0.5) is 5.82 Å². The van der Waals surface area contributed by atoms with Crippen molar-refractivity contribution in [2.24, 2.45) is 13.0 Å². The average Bonchev–Trinajstić information content (AvgIpc) is 3.08. The number of aromatic nitrogens is 4. The lowest BCUT2D eigenvalue weighted by molar-refractivity contribution is 0.178. The van der Waals surface area contributed by atoms with Crippen molar-refractivity contribution in [2.75, 3.05) is 25.6 Å². The van der Waals surface area contributed by atoms with E-state index in [2.05, 4.69) is 46.7 Å². The molecule has 2 aromatic heterocycles. The molecule has 3 heterocycles. The van der Waals surface area contributed by atoms with Gasteiger partial charge in [-0.25, -0.2) is 9.97 Å². The number of methoxy groups -OCH3 is 1. The number of nitrogens with zero attached hydrogens (tertiary/aromatic N) is 5. The summed E-state index contributed by atoms with van der Waals surface area (Å²) in [5.74, 6) is 2.19. The first-order chi connectivity index (χ1) is 11.5. The summed E-state index contributed by atoms with van der Waals surface area (Å²) >= 11 is 0. The summed E-state index contributed by atoms with van der Waals surface area (Å²) in [6, 6.07) is 0.947. The number of anilines is 1. The molecule has 132 valence electrons. The average molecular weight is 333 g/mol. The fourth-order valence-electron chi connectivity index (χ4n) is 3.39. The van der Waals surface area contributed by atoms with E-state index in [9.17, 15) is 0 Å². The van der Waals surface area contributed by atoms with Gasteiger partial charge in [-0.05, 0) is 26.2 Å². The molecule has 0 radical (unpaired) electrons. The van der Waals surface area contributed by atoms with Crippen molar-refractivity contribution >= 4 is 16.9 Å². The monoisotopic (exact) mass is 333 g/mol. The Hall–Kier alpha value is -1.77. The summed E-state index contributed by atoms with van der Waals surface area (Å²) < 4.78 is 6.99. The Labute approximate surface area is 142 Å². The Kier molecular flexibility index (Phi) is 4.98. The molecule has 1 aliphatic rings.